The second-order valence-electron chi connectivity index (χ2n) is 7.98. The number of hydrogen-bond donors (Lipinski definition) is 0. The molecular formula is C21H34O4. The van der Waals surface area contributed by atoms with Crippen molar-refractivity contribution in [3.8, 4) is 0 Å². The first-order valence-electron chi connectivity index (χ1n) is 10.00. The van der Waals surface area contributed by atoms with Gasteiger partial charge in [0, 0.05) is 0 Å². The zero-order chi connectivity index (χ0) is 18.6. The Hall–Kier alpha value is -1.32. The molecule has 2 aliphatic rings. The van der Waals surface area contributed by atoms with E-state index in [1.807, 2.05) is 0 Å². The van der Waals surface area contributed by atoms with Crippen LogP contribution in [0.25, 0.3) is 0 Å². The zero-order valence-corrected chi connectivity index (χ0v) is 16.5. The molecule has 0 amide bonds. The summed E-state index contributed by atoms with van der Waals surface area (Å²) in [5.41, 5.74) is 1.13. The van der Waals surface area contributed by atoms with E-state index in [4.69, 9.17) is 9.47 Å². The molecule has 25 heavy (non-hydrogen) atoms. The van der Waals surface area contributed by atoms with Gasteiger partial charge >= 0.3 is 11.9 Å². The van der Waals surface area contributed by atoms with Crippen molar-refractivity contribution in [2.24, 2.45) is 17.3 Å². The Kier molecular flexibility index (Phi) is 6.70. The highest BCUT2D eigenvalue weighted by Gasteiger charge is 2.57. The van der Waals surface area contributed by atoms with Gasteiger partial charge < -0.3 is 9.47 Å². The van der Waals surface area contributed by atoms with Crippen LogP contribution in [0.15, 0.2) is 11.1 Å². The number of rotatable bonds is 9. The van der Waals surface area contributed by atoms with Crippen molar-refractivity contribution in [1.29, 1.82) is 0 Å². The first-order chi connectivity index (χ1) is 11.9. The molecule has 4 heteroatoms. The third kappa shape index (κ3) is 3.93. The molecule has 0 spiro atoms. The Bertz CT molecular complexity index is 532. The highest BCUT2D eigenvalue weighted by Crippen LogP contribution is 2.60. The number of fused-ring (bicyclic) bond motifs is 2. The van der Waals surface area contributed by atoms with E-state index < -0.39 is 0 Å². The molecule has 0 aromatic carbocycles. The molecule has 3 unspecified atom stereocenters. The van der Waals surface area contributed by atoms with Crippen LogP contribution in [0.5, 0.6) is 0 Å². The minimum absolute atomic E-state index is 0.0581. The fraction of sp³-hybridized carbons (Fsp3) is 0.810. The van der Waals surface area contributed by atoms with Crippen molar-refractivity contribution in [1.82, 2.24) is 0 Å². The lowest BCUT2D eigenvalue weighted by atomic mass is 9.79. The largest absolute Gasteiger partial charge is 0.463 e. The molecule has 0 aliphatic heterocycles. The van der Waals surface area contributed by atoms with Crippen molar-refractivity contribution >= 4 is 11.9 Å². The number of hydrogen-bond acceptors (Lipinski definition) is 4. The molecule has 142 valence electrons. The molecule has 0 saturated heterocycles. The number of carbonyl (C=O) groups excluding carboxylic acids is 2. The molecule has 3 atom stereocenters. The smallest absolute Gasteiger partial charge is 0.335 e. The lowest BCUT2D eigenvalue weighted by molar-refractivity contribution is -0.147. The van der Waals surface area contributed by atoms with Gasteiger partial charge in [0.1, 0.15) is 6.10 Å². The molecule has 2 rings (SSSR count). The zero-order valence-electron chi connectivity index (χ0n) is 16.5. The van der Waals surface area contributed by atoms with Gasteiger partial charge in [-0.1, -0.05) is 40.5 Å². The van der Waals surface area contributed by atoms with E-state index >= 15 is 0 Å². The van der Waals surface area contributed by atoms with Crippen LogP contribution in [-0.4, -0.2) is 24.6 Å². The van der Waals surface area contributed by atoms with E-state index in [0.717, 1.165) is 44.9 Å². The monoisotopic (exact) mass is 350 g/mol. The molecule has 2 bridgehead atoms. The Labute approximate surface area is 152 Å². The van der Waals surface area contributed by atoms with Gasteiger partial charge in [0.25, 0.3) is 0 Å². The Morgan fingerprint density at radius 1 is 1.04 bits per heavy atom. The van der Waals surface area contributed by atoms with E-state index in [0.29, 0.717) is 17.8 Å². The first-order valence-corrected chi connectivity index (χ1v) is 10.00. The van der Waals surface area contributed by atoms with Gasteiger partial charge in [0.05, 0.1) is 17.8 Å². The van der Waals surface area contributed by atoms with Gasteiger partial charge in [-0.25, -0.2) is 9.59 Å². The van der Waals surface area contributed by atoms with Crippen LogP contribution in [0.3, 0.4) is 0 Å². The summed E-state index contributed by atoms with van der Waals surface area (Å²) in [4.78, 5) is 25.5. The van der Waals surface area contributed by atoms with E-state index in [1.165, 1.54) is 0 Å². The molecule has 2 aliphatic carbocycles. The fourth-order valence-electron chi connectivity index (χ4n) is 4.62. The van der Waals surface area contributed by atoms with Crippen molar-refractivity contribution < 1.29 is 19.1 Å². The molecule has 1 saturated carbocycles. The third-order valence-corrected chi connectivity index (χ3v) is 6.10. The molecule has 0 N–H and O–H groups in total. The lowest BCUT2D eigenvalue weighted by Crippen LogP contribution is -2.25. The summed E-state index contributed by atoms with van der Waals surface area (Å²) in [6, 6.07) is 0. The van der Waals surface area contributed by atoms with Crippen molar-refractivity contribution in [2.45, 2.75) is 85.7 Å². The predicted molar refractivity (Wildman–Crippen MR) is 98.0 cm³/mol. The maximum Gasteiger partial charge on any atom is 0.335 e. The highest BCUT2D eigenvalue weighted by molar-refractivity contribution is 6.03. The SMILES string of the molecule is CCCCCC(CC)OC(=O)C1=C(C(=O)OCC)C2CCC1C2(C)C. The fourth-order valence-corrected chi connectivity index (χ4v) is 4.62. The van der Waals surface area contributed by atoms with Crippen molar-refractivity contribution in [3.05, 3.63) is 11.1 Å². The predicted octanol–water partition coefficient (Wildman–Crippen LogP) is 4.81. The van der Waals surface area contributed by atoms with Crippen LogP contribution in [0.1, 0.15) is 79.6 Å². The second kappa shape index (κ2) is 8.37. The Morgan fingerprint density at radius 2 is 1.64 bits per heavy atom. The van der Waals surface area contributed by atoms with Crippen LogP contribution < -0.4 is 0 Å². The van der Waals surface area contributed by atoms with E-state index in [2.05, 4.69) is 27.7 Å². The van der Waals surface area contributed by atoms with Crippen molar-refractivity contribution in [2.75, 3.05) is 6.61 Å². The highest BCUT2D eigenvalue weighted by atomic mass is 16.5. The quantitative estimate of drug-likeness (QED) is 0.442. The van der Waals surface area contributed by atoms with Crippen LogP contribution in [0.2, 0.25) is 0 Å². The minimum atomic E-state index is -0.325. The molecule has 0 aromatic heterocycles. The van der Waals surface area contributed by atoms with Gasteiger partial charge in [-0.2, -0.15) is 0 Å². The maximum absolute atomic E-state index is 13.0. The molecule has 0 heterocycles. The summed E-state index contributed by atoms with van der Waals surface area (Å²) in [5.74, 6) is -0.391. The molecule has 0 aromatic rings. The van der Waals surface area contributed by atoms with Crippen LogP contribution >= 0.6 is 0 Å². The van der Waals surface area contributed by atoms with Gasteiger partial charge in [0.2, 0.25) is 0 Å². The van der Waals surface area contributed by atoms with Crippen LogP contribution in [-0.2, 0) is 19.1 Å². The Balaban J connectivity index is 2.20. The van der Waals surface area contributed by atoms with Crippen molar-refractivity contribution in [3.63, 3.8) is 0 Å². The number of esters is 2. The number of carbonyl (C=O) groups is 2. The summed E-state index contributed by atoms with van der Waals surface area (Å²) < 4.78 is 11.1. The van der Waals surface area contributed by atoms with Gasteiger partial charge in [-0.15, -0.1) is 0 Å². The molecular weight excluding hydrogens is 316 g/mol. The average molecular weight is 350 g/mol. The van der Waals surface area contributed by atoms with Crippen LogP contribution in [0, 0.1) is 17.3 Å². The summed E-state index contributed by atoms with van der Waals surface area (Å²) >= 11 is 0. The number of ether oxygens (including phenoxy) is 2. The Morgan fingerprint density at radius 3 is 2.16 bits per heavy atom. The van der Waals surface area contributed by atoms with E-state index in [9.17, 15) is 9.59 Å². The second-order valence-corrected chi connectivity index (χ2v) is 7.98. The molecule has 4 nitrogen and oxygen atoms in total. The average Bonchev–Trinajstić information content (AvgIpc) is 2.99. The summed E-state index contributed by atoms with van der Waals surface area (Å²) in [7, 11) is 0. The molecule has 1 fully saturated rings. The molecule has 0 radical (unpaired) electrons. The van der Waals surface area contributed by atoms with Gasteiger partial charge in [-0.3, -0.25) is 0 Å². The standard InChI is InChI=1S/C21H34O4/c1-6-9-10-11-14(7-2)25-20(23)18-16-13-12-15(21(16,4)5)17(18)19(22)24-8-3/h14-16H,6-13H2,1-5H3. The maximum atomic E-state index is 13.0. The topological polar surface area (TPSA) is 52.6 Å². The van der Waals surface area contributed by atoms with Gasteiger partial charge in [-0.05, 0) is 56.3 Å². The van der Waals surface area contributed by atoms with Gasteiger partial charge in [0.15, 0.2) is 0 Å². The minimum Gasteiger partial charge on any atom is -0.463 e. The number of unbranched alkanes of at least 4 members (excludes halogenated alkanes) is 2. The summed E-state index contributed by atoms with van der Waals surface area (Å²) in [6.07, 6.45) is 6.95. The normalized spacial score (nSPS) is 25.2. The van der Waals surface area contributed by atoms with E-state index in [1.54, 1.807) is 6.92 Å². The summed E-state index contributed by atoms with van der Waals surface area (Å²) in [5, 5.41) is 0. The summed E-state index contributed by atoms with van der Waals surface area (Å²) in [6.45, 7) is 10.7. The van der Waals surface area contributed by atoms with E-state index in [-0.39, 0.29) is 35.3 Å². The van der Waals surface area contributed by atoms with Crippen LogP contribution in [0.4, 0.5) is 0 Å². The lowest BCUT2D eigenvalue weighted by Gasteiger charge is -2.26. The third-order valence-electron chi connectivity index (χ3n) is 6.10. The first kappa shape index (κ1) is 20.0.